The number of hydrogen-bond donors (Lipinski definition) is 0. The fourth-order valence-corrected chi connectivity index (χ4v) is 2.39. The average Bonchev–Trinajstić information content (AvgIpc) is 2.43. The first-order valence-electron chi connectivity index (χ1n) is 4.07. The second kappa shape index (κ2) is 2.57. The molecule has 62 valence electrons. The molecule has 2 rings (SSSR count). The molecule has 0 heterocycles. The Hall–Kier alpha value is -0.340. The van der Waals surface area contributed by atoms with Crippen LogP contribution < -0.4 is 0 Å². The smallest absolute Gasteiger partial charge is 0.0228 e. The number of fused-ring (bicyclic) bond motifs is 1. The predicted molar refractivity (Wildman–Crippen MR) is 59.8 cm³/mol. The van der Waals surface area contributed by atoms with E-state index in [1.165, 1.54) is 22.3 Å². The van der Waals surface area contributed by atoms with Crippen LogP contribution in [0.3, 0.4) is 0 Å². The minimum atomic E-state index is 0.961. The van der Waals surface area contributed by atoms with Crippen LogP contribution in [0.4, 0.5) is 0 Å². The molecule has 0 N–H and O–H groups in total. The van der Waals surface area contributed by atoms with Crippen LogP contribution in [0.25, 0.3) is 0 Å². The summed E-state index contributed by atoms with van der Waals surface area (Å²) in [7, 11) is 0. The zero-order valence-electron chi connectivity index (χ0n) is 7.23. The van der Waals surface area contributed by atoms with Gasteiger partial charge in [-0.15, -0.1) is 0 Å². The Kier molecular flexibility index (Phi) is 1.77. The summed E-state index contributed by atoms with van der Waals surface area (Å²) in [6.45, 7) is 4.23. The van der Waals surface area contributed by atoms with Crippen LogP contribution in [0.15, 0.2) is 22.3 Å². The summed E-state index contributed by atoms with van der Waals surface area (Å²) < 4.78 is 0. The molecule has 0 nitrogen and oxygen atoms in total. The normalized spacial score (nSPS) is 22.8. The van der Waals surface area contributed by atoms with Gasteiger partial charge in [-0.05, 0) is 36.1 Å². The average molecular weight is 194 g/mol. The minimum Gasteiger partial charge on any atom is -0.0843 e. The van der Waals surface area contributed by atoms with E-state index in [0.29, 0.717) is 0 Å². The highest BCUT2D eigenvalue weighted by molar-refractivity contribution is 7.81. The van der Waals surface area contributed by atoms with Gasteiger partial charge in [0.05, 0.1) is 0 Å². The van der Waals surface area contributed by atoms with Gasteiger partial charge in [-0.3, -0.25) is 0 Å². The maximum absolute atomic E-state index is 5.25. The molecule has 0 atom stereocenters. The van der Waals surface area contributed by atoms with Crippen LogP contribution in [0, 0.1) is 0 Å². The molecular formula is C10H10S2. The standard InChI is InChI=1S/C10H10S2/c1-5-7-3-10(12)6(2)8(7)4-9(5)11/h3-4H2,1-2H3. The van der Waals surface area contributed by atoms with Crippen LogP contribution in [0.5, 0.6) is 0 Å². The van der Waals surface area contributed by atoms with Crippen molar-refractivity contribution in [1.29, 1.82) is 0 Å². The van der Waals surface area contributed by atoms with E-state index in [9.17, 15) is 0 Å². The summed E-state index contributed by atoms with van der Waals surface area (Å²) in [6.07, 6.45) is 1.92. The zero-order valence-corrected chi connectivity index (χ0v) is 8.86. The van der Waals surface area contributed by atoms with Crippen molar-refractivity contribution in [1.82, 2.24) is 0 Å². The second-order valence-electron chi connectivity index (χ2n) is 3.41. The Morgan fingerprint density at radius 3 is 1.50 bits per heavy atom. The molecule has 0 aliphatic heterocycles. The summed E-state index contributed by atoms with van der Waals surface area (Å²) in [5.74, 6) is 0. The minimum absolute atomic E-state index is 0.961. The Balaban J connectivity index is 2.59. The molecule has 0 amide bonds. The van der Waals surface area contributed by atoms with Gasteiger partial charge < -0.3 is 0 Å². The quantitative estimate of drug-likeness (QED) is 0.543. The Bertz CT molecular complexity index is 320. The maximum Gasteiger partial charge on any atom is 0.0228 e. The van der Waals surface area contributed by atoms with E-state index in [0.717, 1.165) is 22.6 Å². The molecule has 2 aliphatic rings. The van der Waals surface area contributed by atoms with Gasteiger partial charge in [0.1, 0.15) is 0 Å². The largest absolute Gasteiger partial charge is 0.0843 e. The van der Waals surface area contributed by atoms with Crippen LogP contribution in [0.1, 0.15) is 26.7 Å². The van der Waals surface area contributed by atoms with E-state index < -0.39 is 0 Å². The van der Waals surface area contributed by atoms with Crippen LogP contribution >= 0.6 is 24.4 Å². The van der Waals surface area contributed by atoms with Crippen molar-refractivity contribution in [2.75, 3.05) is 0 Å². The van der Waals surface area contributed by atoms with Crippen LogP contribution in [-0.2, 0) is 0 Å². The lowest BCUT2D eigenvalue weighted by Gasteiger charge is -1.96. The molecule has 2 heteroatoms. The van der Waals surface area contributed by atoms with Crippen LogP contribution in [0.2, 0.25) is 0 Å². The molecule has 2 aliphatic carbocycles. The molecule has 0 aromatic carbocycles. The van der Waals surface area contributed by atoms with Crippen molar-refractivity contribution < 1.29 is 0 Å². The molecule has 0 bridgehead atoms. The molecule has 0 spiro atoms. The summed E-state index contributed by atoms with van der Waals surface area (Å²) in [4.78, 5) is 2.23. The van der Waals surface area contributed by atoms with Gasteiger partial charge in [0.25, 0.3) is 0 Å². The van der Waals surface area contributed by atoms with Gasteiger partial charge in [-0.1, -0.05) is 24.4 Å². The van der Waals surface area contributed by atoms with Crippen molar-refractivity contribution in [3.8, 4) is 0 Å². The number of allylic oxidation sites excluding steroid dienone is 4. The topological polar surface area (TPSA) is 0 Å². The SMILES string of the molecule is CC1=C2CC(=S)C(C)=C2CC1=S. The van der Waals surface area contributed by atoms with Gasteiger partial charge >= 0.3 is 0 Å². The van der Waals surface area contributed by atoms with Crippen molar-refractivity contribution in [3.05, 3.63) is 22.3 Å². The predicted octanol–water partition coefficient (Wildman–Crippen LogP) is 3.17. The number of hydrogen-bond acceptors (Lipinski definition) is 2. The van der Waals surface area contributed by atoms with E-state index in [1.807, 2.05) is 0 Å². The Morgan fingerprint density at radius 1 is 0.833 bits per heavy atom. The number of rotatable bonds is 0. The lowest BCUT2D eigenvalue weighted by molar-refractivity contribution is 1.29. The van der Waals surface area contributed by atoms with Gasteiger partial charge in [0, 0.05) is 22.6 Å². The molecule has 0 saturated heterocycles. The van der Waals surface area contributed by atoms with E-state index >= 15 is 0 Å². The van der Waals surface area contributed by atoms with E-state index in [2.05, 4.69) is 13.8 Å². The Labute approximate surface area is 83.4 Å². The van der Waals surface area contributed by atoms with Crippen LogP contribution in [-0.4, -0.2) is 9.73 Å². The first-order chi connectivity index (χ1) is 5.61. The second-order valence-corrected chi connectivity index (χ2v) is 4.39. The van der Waals surface area contributed by atoms with Gasteiger partial charge in [-0.25, -0.2) is 0 Å². The molecule has 0 aromatic rings. The van der Waals surface area contributed by atoms with Gasteiger partial charge in [0.15, 0.2) is 0 Å². The van der Waals surface area contributed by atoms with E-state index in [1.54, 1.807) is 0 Å². The third-order valence-electron chi connectivity index (χ3n) is 2.78. The van der Waals surface area contributed by atoms with Gasteiger partial charge in [-0.2, -0.15) is 0 Å². The molecule has 12 heavy (non-hydrogen) atoms. The lowest BCUT2D eigenvalue weighted by Crippen LogP contribution is -1.94. The highest BCUT2D eigenvalue weighted by Crippen LogP contribution is 2.40. The third-order valence-corrected chi connectivity index (χ3v) is 3.68. The number of thiocarbonyl (C=S) groups is 2. The third kappa shape index (κ3) is 0.947. The van der Waals surface area contributed by atoms with E-state index in [4.69, 9.17) is 24.4 Å². The summed E-state index contributed by atoms with van der Waals surface area (Å²) in [5, 5.41) is 0. The molecule has 0 fully saturated rings. The molecule has 0 aromatic heterocycles. The zero-order chi connectivity index (χ0) is 8.88. The summed E-state index contributed by atoms with van der Waals surface area (Å²) >= 11 is 10.5. The van der Waals surface area contributed by atoms with E-state index in [-0.39, 0.29) is 0 Å². The molecule has 0 unspecified atom stereocenters. The van der Waals surface area contributed by atoms with Crippen molar-refractivity contribution in [3.63, 3.8) is 0 Å². The van der Waals surface area contributed by atoms with Crippen molar-refractivity contribution in [2.45, 2.75) is 26.7 Å². The highest BCUT2D eigenvalue weighted by atomic mass is 32.1. The molecule has 0 radical (unpaired) electrons. The first-order valence-corrected chi connectivity index (χ1v) is 4.89. The fraction of sp³-hybridized carbons (Fsp3) is 0.400. The first kappa shape index (κ1) is 8.27. The fourth-order valence-electron chi connectivity index (χ4n) is 1.85. The summed E-state index contributed by atoms with van der Waals surface area (Å²) in [6, 6.07) is 0. The molecule has 0 saturated carbocycles. The monoisotopic (exact) mass is 194 g/mol. The van der Waals surface area contributed by atoms with Crippen molar-refractivity contribution >= 4 is 34.2 Å². The Morgan fingerprint density at radius 2 is 1.17 bits per heavy atom. The maximum atomic E-state index is 5.25. The lowest BCUT2D eigenvalue weighted by atomic mass is 10.1. The van der Waals surface area contributed by atoms with Gasteiger partial charge in [0.2, 0.25) is 0 Å². The highest BCUT2D eigenvalue weighted by Gasteiger charge is 2.29. The van der Waals surface area contributed by atoms with Crippen molar-refractivity contribution in [2.24, 2.45) is 0 Å². The molecular weight excluding hydrogens is 184 g/mol. The summed E-state index contributed by atoms with van der Waals surface area (Å²) in [5.41, 5.74) is 5.45.